The molecular formula is C37H27BrO9. The molecule has 6 aromatic carbocycles. The van der Waals surface area contributed by atoms with Gasteiger partial charge in [0, 0.05) is 4.47 Å². The van der Waals surface area contributed by atoms with Gasteiger partial charge in [0.1, 0.15) is 5.75 Å². The first-order valence-electron chi connectivity index (χ1n) is 13.9. The third-order valence-corrected chi connectivity index (χ3v) is 7.88. The Hall–Kier alpha value is -6.00. The molecule has 0 spiro atoms. The van der Waals surface area contributed by atoms with Crippen LogP contribution in [0.1, 0.15) is 41.4 Å². The van der Waals surface area contributed by atoms with Gasteiger partial charge in [-0.2, -0.15) is 0 Å². The van der Waals surface area contributed by atoms with Crippen molar-refractivity contribution in [2.24, 2.45) is 0 Å². The molecule has 0 amide bonds. The maximum Gasteiger partial charge on any atom is 0.336 e. The molecule has 0 aromatic heterocycles. The van der Waals surface area contributed by atoms with Crippen LogP contribution in [0.25, 0.3) is 32.7 Å². The second kappa shape index (κ2) is 15.3. The van der Waals surface area contributed by atoms with Gasteiger partial charge in [-0.15, -0.1) is 0 Å². The molecule has 10 heteroatoms. The number of aromatic carboxylic acids is 4. The van der Waals surface area contributed by atoms with Crippen LogP contribution in [0.3, 0.4) is 0 Å². The Labute approximate surface area is 277 Å². The standard InChI is InChI=1S/C15H9BrO2.C14H10O4.C8H8O3/c16-14-11-7-3-1-5-9(11)13(15(17)18)10-6-2-4-8-12(10)14;15-13(16)11-7-3-1-5-9(11)10-6-2-4-8-12(10)14(17)18;1-11-7-4-2-6(3-5-7)8(9)10/h1-8H,(H,17,18);1-8H,(H,15,16)(H,17,18);2-5H,1H3,(H,9,10). The van der Waals surface area contributed by atoms with Crippen LogP contribution in [-0.2, 0) is 0 Å². The van der Waals surface area contributed by atoms with E-state index >= 15 is 0 Å². The molecule has 0 fully saturated rings. The lowest BCUT2D eigenvalue weighted by molar-refractivity contribution is 0.0684. The second-order valence-corrected chi connectivity index (χ2v) is 10.6. The predicted molar refractivity (Wildman–Crippen MR) is 182 cm³/mol. The first-order valence-corrected chi connectivity index (χ1v) is 14.7. The van der Waals surface area contributed by atoms with Gasteiger partial charge in [0.05, 0.1) is 29.4 Å². The number of carbonyl (C=O) groups is 4. The smallest absolute Gasteiger partial charge is 0.336 e. The molecule has 47 heavy (non-hydrogen) atoms. The van der Waals surface area contributed by atoms with Crippen molar-refractivity contribution in [2.75, 3.05) is 7.11 Å². The zero-order valence-corrected chi connectivity index (χ0v) is 26.3. The lowest BCUT2D eigenvalue weighted by Crippen LogP contribution is -2.03. The highest BCUT2D eigenvalue weighted by Gasteiger charge is 2.17. The van der Waals surface area contributed by atoms with Crippen molar-refractivity contribution in [1.29, 1.82) is 0 Å². The van der Waals surface area contributed by atoms with Gasteiger partial charge in [-0.05, 0) is 85.0 Å². The lowest BCUT2D eigenvalue weighted by atomic mass is 9.95. The Morgan fingerprint density at radius 3 is 1.23 bits per heavy atom. The molecule has 0 saturated heterocycles. The van der Waals surface area contributed by atoms with E-state index < -0.39 is 23.9 Å². The quantitative estimate of drug-likeness (QED) is 0.125. The Morgan fingerprint density at radius 1 is 0.489 bits per heavy atom. The Balaban J connectivity index is 0.000000165. The van der Waals surface area contributed by atoms with Gasteiger partial charge < -0.3 is 25.2 Å². The number of carboxylic acids is 4. The van der Waals surface area contributed by atoms with Gasteiger partial charge in [0.2, 0.25) is 0 Å². The zero-order valence-electron chi connectivity index (χ0n) is 24.8. The van der Waals surface area contributed by atoms with Gasteiger partial charge in [-0.25, -0.2) is 19.2 Å². The highest BCUT2D eigenvalue weighted by Crippen LogP contribution is 2.36. The monoisotopic (exact) mass is 694 g/mol. The molecule has 6 aromatic rings. The summed E-state index contributed by atoms with van der Waals surface area (Å²) >= 11 is 3.57. The predicted octanol–water partition coefficient (Wildman–Crippen LogP) is 8.60. The van der Waals surface area contributed by atoms with E-state index in [1.807, 2.05) is 48.5 Å². The van der Waals surface area contributed by atoms with E-state index in [4.69, 9.17) is 20.1 Å². The van der Waals surface area contributed by atoms with E-state index in [0.717, 1.165) is 26.0 Å². The number of hydrogen-bond donors (Lipinski definition) is 4. The summed E-state index contributed by atoms with van der Waals surface area (Å²) in [5, 5.41) is 39.6. The van der Waals surface area contributed by atoms with Crippen molar-refractivity contribution in [3.63, 3.8) is 0 Å². The van der Waals surface area contributed by atoms with Gasteiger partial charge >= 0.3 is 23.9 Å². The summed E-state index contributed by atoms with van der Waals surface area (Å²) in [7, 11) is 1.54. The van der Waals surface area contributed by atoms with Gasteiger partial charge in [-0.3, -0.25) is 0 Å². The number of methoxy groups -OCH3 is 1. The number of hydrogen-bond acceptors (Lipinski definition) is 5. The van der Waals surface area contributed by atoms with Gasteiger partial charge in [0.15, 0.2) is 0 Å². The van der Waals surface area contributed by atoms with E-state index in [0.29, 0.717) is 22.4 Å². The second-order valence-electron chi connectivity index (χ2n) is 9.82. The van der Waals surface area contributed by atoms with E-state index in [9.17, 15) is 24.3 Å². The Bertz CT molecular complexity index is 1990. The molecule has 0 radical (unpaired) electrons. The summed E-state index contributed by atoms with van der Waals surface area (Å²) in [4.78, 5) is 44.1. The van der Waals surface area contributed by atoms with E-state index in [2.05, 4.69) is 15.9 Å². The van der Waals surface area contributed by atoms with Gasteiger partial charge in [0.25, 0.3) is 0 Å². The van der Waals surface area contributed by atoms with Gasteiger partial charge in [-0.1, -0.05) is 84.9 Å². The summed E-state index contributed by atoms with van der Waals surface area (Å²) in [6, 6.07) is 34.0. The highest BCUT2D eigenvalue weighted by molar-refractivity contribution is 9.10. The first kappa shape index (κ1) is 33.9. The molecule has 0 saturated carbocycles. The van der Waals surface area contributed by atoms with Crippen molar-refractivity contribution in [3.05, 3.63) is 148 Å². The van der Waals surface area contributed by atoms with Crippen molar-refractivity contribution in [2.45, 2.75) is 0 Å². The first-order chi connectivity index (χ1) is 22.5. The van der Waals surface area contributed by atoms with E-state index in [1.165, 1.54) is 31.4 Å². The molecule has 4 N–H and O–H groups in total. The molecular weight excluding hydrogens is 668 g/mol. The van der Waals surface area contributed by atoms with E-state index in [-0.39, 0.29) is 16.7 Å². The van der Waals surface area contributed by atoms with Crippen LogP contribution in [0.15, 0.2) is 126 Å². The molecule has 236 valence electrons. The summed E-state index contributed by atoms with van der Waals surface area (Å²) in [5.41, 5.74) is 1.62. The van der Waals surface area contributed by atoms with Crippen LogP contribution in [-0.4, -0.2) is 51.4 Å². The highest BCUT2D eigenvalue weighted by atomic mass is 79.9. The van der Waals surface area contributed by atoms with Crippen LogP contribution in [0.5, 0.6) is 5.75 Å². The van der Waals surface area contributed by atoms with Crippen LogP contribution in [0.4, 0.5) is 0 Å². The minimum absolute atomic E-state index is 0.0891. The molecule has 0 aliphatic heterocycles. The Morgan fingerprint density at radius 2 is 0.872 bits per heavy atom. The summed E-state index contributed by atoms with van der Waals surface area (Å²) in [6.07, 6.45) is 0. The fourth-order valence-corrected chi connectivity index (χ4v) is 5.54. The SMILES string of the molecule is COc1ccc(C(=O)O)cc1.O=C(O)c1c2ccccc2c(Br)c2ccccc12.O=C(O)c1ccccc1-c1ccccc1C(=O)O. The van der Waals surface area contributed by atoms with Crippen molar-refractivity contribution in [3.8, 4) is 16.9 Å². The van der Waals surface area contributed by atoms with E-state index in [1.54, 1.807) is 48.5 Å². The molecule has 0 atom stereocenters. The van der Waals surface area contributed by atoms with Crippen LogP contribution in [0.2, 0.25) is 0 Å². The zero-order chi connectivity index (χ0) is 34.1. The normalized spacial score (nSPS) is 10.2. The number of fused-ring (bicyclic) bond motifs is 2. The van der Waals surface area contributed by atoms with Crippen LogP contribution >= 0.6 is 15.9 Å². The number of carboxylic acid groups (broad SMARTS) is 4. The summed E-state index contributed by atoms with van der Waals surface area (Å²) < 4.78 is 5.80. The lowest BCUT2D eigenvalue weighted by Gasteiger charge is -2.10. The fraction of sp³-hybridized carbons (Fsp3) is 0.0270. The number of rotatable bonds is 6. The average molecular weight is 696 g/mol. The molecule has 0 unspecified atom stereocenters. The van der Waals surface area contributed by atoms with Crippen LogP contribution in [0, 0.1) is 0 Å². The summed E-state index contributed by atoms with van der Waals surface area (Å²) in [5.74, 6) is -3.31. The molecule has 6 rings (SSSR count). The van der Waals surface area contributed by atoms with Crippen molar-refractivity contribution >= 4 is 61.4 Å². The van der Waals surface area contributed by atoms with Crippen molar-refractivity contribution in [1.82, 2.24) is 0 Å². The molecule has 0 aliphatic rings. The van der Waals surface area contributed by atoms with Crippen LogP contribution < -0.4 is 4.74 Å². The topological polar surface area (TPSA) is 158 Å². The Kier molecular flexibility index (Phi) is 11.1. The fourth-order valence-electron chi connectivity index (χ4n) is 4.85. The minimum atomic E-state index is -1.08. The molecule has 9 nitrogen and oxygen atoms in total. The number of ether oxygens (including phenoxy) is 1. The van der Waals surface area contributed by atoms with Crippen molar-refractivity contribution < 1.29 is 44.3 Å². The summed E-state index contributed by atoms with van der Waals surface area (Å²) in [6.45, 7) is 0. The molecule has 0 heterocycles. The third-order valence-electron chi connectivity index (χ3n) is 7.02. The number of halogens is 1. The number of benzene rings is 6. The minimum Gasteiger partial charge on any atom is -0.497 e. The average Bonchev–Trinajstić information content (AvgIpc) is 3.09. The molecule has 0 aliphatic carbocycles. The maximum atomic E-state index is 11.5. The third kappa shape index (κ3) is 7.81. The molecule has 0 bridgehead atoms. The largest absolute Gasteiger partial charge is 0.497 e. The maximum absolute atomic E-state index is 11.5.